The maximum atomic E-state index is 12.6. The van der Waals surface area contributed by atoms with Crippen LogP contribution in [0.25, 0.3) is 0 Å². The Balaban J connectivity index is 2.02. The fraction of sp³-hybridized carbons (Fsp3) is 0.308. The second-order valence-electron chi connectivity index (χ2n) is 4.93. The Bertz CT molecular complexity index is 685. The molecule has 1 aromatic rings. The fourth-order valence-corrected chi connectivity index (χ4v) is 3.03. The van der Waals surface area contributed by atoms with E-state index >= 15 is 0 Å². The summed E-state index contributed by atoms with van der Waals surface area (Å²) in [7, 11) is 0. The summed E-state index contributed by atoms with van der Waals surface area (Å²) in [5, 5.41) is 20.5. The van der Waals surface area contributed by atoms with E-state index in [4.69, 9.17) is 16.2 Å². The molecule has 7 nitrogen and oxygen atoms in total. The first kappa shape index (κ1) is 16.9. The molecule has 5 N–H and O–H groups in total. The molecule has 1 aromatic heterocycles. The molecule has 10 heteroatoms. The van der Waals surface area contributed by atoms with Crippen LogP contribution < -0.4 is 11.1 Å². The second-order valence-corrected chi connectivity index (χ2v) is 5.92. The fourth-order valence-electron chi connectivity index (χ4n) is 2.20. The van der Waals surface area contributed by atoms with Gasteiger partial charge in [0, 0.05) is 27.8 Å². The number of halogens is 2. The highest BCUT2D eigenvalue weighted by molar-refractivity contribution is 7.10. The van der Waals surface area contributed by atoms with Gasteiger partial charge in [0.05, 0.1) is 13.1 Å². The average Bonchev–Trinajstić information content (AvgIpc) is 3.11. The molecule has 0 saturated carbocycles. The first-order chi connectivity index (χ1) is 10.8. The summed E-state index contributed by atoms with van der Waals surface area (Å²) in [5.41, 5.74) is 5.51. The third-order valence-electron chi connectivity index (χ3n) is 3.39. The van der Waals surface area contributed by atoms with Gasteiger partial charge < -0.3 is 16.2 Å². The van der Waals surface area contributed by atoms with Crippen molar-refractivity contribution in [3.8, 4) is 0 Å². The van der Waals surface area contributed by atoms with Crippen molar-refractivity contribution >= 4 is 29.2 Å². The summed E-state index contributed by atoms with van der Waals surface area (Å²) in [6, 6.07) is 0.458. The van der Waals surface area contributed by atoms with Crippen LogP contribution >= 0.6 is 11.3 Å². The number of nitrogens with zero attached hydrogens (tertiary/aromatic N) is 1. The van der Waals surface area contributed by atoms with Crippen molar-refractivity contribution in [1.82, 2.24) is 10.2 Å². The highest BCUT2D eigenvalue weighted by atomic mass is 32.1. The Morgan fingerprint density at radius 2 is 2.22 bits per heavy atom. The topological polar surface area (TPSA) is 120 Å². The van der Waals surface area contributed by atoms with Gasteiger partial charge in [-0.15, -0.1) is 11.3 Å². The molecular weight excluding hydrogens is 330 g/mol. The molecule has 1 atom stereocenters. The smallest absolute Gasteiger partial charge is 0.408 e. The van der Waals surface area contributed by atoms with Gasteiger partial charge in [-0.1, -0.05) is 0 Å². The van der Waals surface area contributed by atoms with Crippen molar-refractivity contribution in [2.45, 2.75) is 19.0 Å². The minimum Gasteiger partial charge on any atom is -0.465 e. The van der Waals surface area contributed by atoms with Crippen LogP contribution in [0.2, 0.25) is 0 Å². The van der Waals surface area contributed by atoms with E-state index in [1.165, 1.54) is 11.3 Å². The highest BCUT2D eigenvalue weighted by Crippen LogP contribution is 2.27. The number of carbonyl (C=O) groups excluding carboxylic acids is 1. The number of nitrogens with one attached hydrogen (secondary N) is 2. The van der Waals surface area contributed by atoms with Crippen molar-refractivity contribution in [3.05, 3.63) is 33.5 Å². The van der Waals surface area contributed by atoms with Crippen molar-refractivity contribution in [2.75, 3.05) is 6.54 Å². The first-order valence-corrected chi connectivity index (χ1v) is 7.39. The lowest BCUT2D eigenvalue weighted by Crippen LogP contribution is -2.45. The van der Waals surface area contributed by atoms with Gasteiger partial charge in [0.25, 0.3) is 6.08 Å². The molecule has 0 aromatic carbocycles. The van der Waals surface area contributed by atoms with E-state index in [1.54, 1.807) is 11.4 Å². The lowest BCUT2D eigenvalue weighted by Gasteiger charge is -2.19. The van der Waals surface area contributed by atoms with Crippen molar-refractivity contribution < 1.29 is 23.5 Å². The third-order valence-corrected chi connectivity index (χ3v) is 4.33. The van der Waals surface area contributed by atoms with Crippen LogP contribution in [0.15, 0.2) is 23.1 Å². The minimum absolute atomic E-state index is 0.0973. The second kappa shape index (κ2) is 6.73. The number of carboxylic acid groups (broad SMARTS) is 1. The number of carbonyl (C=O) groups is 2. The number of thiophene rings is 1. The Morgan fingerprint density at radius 1 is 1.52 bits per heavy atom. The number of hydrogen-bond acceptors (Lipinski definition) is 4. The van der Waals surface area contributed by atoms with Gasteiger partial charge in [0.2, 0.25) is 5.91 Å². The van der Waals surface area contributed by atoms with Gasteiger partial charge in [-0.2, -0.15) is 8.78 Å². The van der Waals surface area contributed by atoms with Crippen molar-refractivity contribution in [3.63, 3.8) is 0 Å². The lowest BCUT2D eigenvalue weighted by molar-refractivity contribution is -0.125. The number of rotatable bonds is 4. The van der Waals surface area contributed by atoms with E-state index in [9.17, 15) is 18.4 Å². The van der Waals surface area contributed by atoms with Gasteiger partial charge in [0.1, 0.15) is 11.9 Å². The Hall–Kier alpha value is -2.49. The Kier molecular flexibility index (Phi) is 4.94. The summed E-state index contributed by atoms with van der Waals surface area (Å²) < 4.78 is 25.3. The van der Waals surface area contributed by atoms with E-state index < -0.39 is 30.7 Å². The first-order valence-electron chi connectivity index (χ1n) is 6.51. The summed E-state index contributed by atoms with van der Waals surface area (Å²) in [6.45, 7) is -0.360. The van der Waals surface area contributed by atoms with Crippen LogP contribution in [0, 0.1) is 5.41 Å². The molecule has 23 heavy (non-hydrogen) atoms. The predicted octanol–water partition coefficient (Wildman–Crippen LogP) is 1.55. The molecular formula is C13H14F2N4O3S. The number of amides is 2. The van der Waals surface area contributed by atoms with Crippen LogP contribution in [-0.4, -0.2) is 40.4 Å². The molecule has 124 valence electrons. The quantitative estimate of drug-likeness (QED) is 0.489. The summed E-state index contributed by atoms with van der Waals surface area (Å²) in [6.07, 6.45) is -3.68. The number of nitrogen functional groups attached to an aromatic ring is 1. The molecule has 0 bridgehead atoms. The normalized spacial score (nSPS) is 17.2. The zero-order valence-corrected chi connectivity index (χ0v) is 12.6. The number of amidine groups is 1. The van der Waals surface area contributed by atoms with Gasteiger partial charge in [-0.3, -0.25) is 15.1 Å². The van der Waals surface area contributed by atoms with Crippen molar-refractivity contribution in [1.29, 1.82) is 5.41 Å². The molecule has 1 fully saturated rings. The number of nitrogens with two attached hydrogens (primary N) is 1. The van der Waals surface area contributed by atoms with Gasteiger partial charge >= 0.3 is 6.09 Å². The van der Waals surface area contributed by atoms with E-state index in [1.807, 2.05) is 0 Å². The van der Waals surface area contributed by atoms with Crippen molar-refractivity contribution in [2.24, 2.45) is 5.73 Å². The van der Waals surface area contributed by atoms with Crippen LogP contribution in [0.4, 0.5) is 13.6 Å². The molecule has 0 aliphatic carbocycles. The maximum Gasteiger partial charge on any atom is 0.408 e. The predicted molar refractivity (Wildman–Crippen MR) is 79.6 cm³/mol. The molecule has 2 amide bonds. The molecule has 1 saturated heterocycles. The number of likely N-dealkylation sites (tertiary alicyclic amines) is 1. The Labute approximate surface area is 133 Å². The van der Waals surface area contributed by atoms with E-state index in [0.29, 0.717) is 10.5 Å². The van der Waals surface area contributed by atoms with E-state index in [2.05, 4.69) is 5.32 Å². The number of hydrogen-bond donors (Lipinski definition) is 4. The van der Waals surface area contributed by atoms with E-state index in [0.717, 1.165) is 4.88 Å². The van der Waals surface area contributed by atoms with Gasteiger partial charge in [-0.05, 0) is 6.07 Å². The highest BCUT2D eigenvalue weighted by Gasteiger charge is 2.38. The maximum absolute atomic E-state index is 12.6. The van der Waals surface area contributed by atoms with Gasteiger partial charge in [0.15, 0.2) is 0 Å². The zero-order valence-electron chi connectivity index (χ0n) is 11.8. The molecule has 0 radical (unpaired) electrons. The summed E-state index contributed by atoms with van der Waals surface area (Å²) in [4.78, 5) is 24.6. The standard InChI is InChI=1S/C13H14F2N4O3S/c14-10(15)6-2-9(19(4-6)13(21)22)12(20)18-3-8-1-7(5-23-8)11(16)17/h1,5,9H,2-4H2,(H3,16,17)(H,18,20)(H,21,22). The SMILES string of the molecule is N=C(N)c1csc(CNC(=O)C2CC(=C(F)F)CN2C(=O)O)c1. The third kappa shape index (κ3) is 3.83. The molecule has 1 aliphatic rings. The van der Waals surface area contributed by atoms with Crippen LogP contribution in [0.3, 0.4) is 0 Å². The monoisotopic (exact) mass is 344 g/mol. The van der Waals surface area contributed by atoms with E-state index in [-0.39, 0.29) is 24.4 Å². The molecule has 1 aliphatic heterocycles. The molecule has 0 spiro atoms. The van der Waals surface area contributed by atoms with Crippen LogP contribution in [-0.2, 0) is 11.3 Å². The largest absolute Gasteiger partial charge is 0.465 e. The Morgan fingerprint density at radius 3 is 2.74 bits per heavy atom. The molecule has 2 rings (SSSR count). The molecule has 1 unspecified atom stereocenters. The van der Waals surface area contributed by atoms with Crippen LogP contribution in [0.1, 0.15) is 16.9 Å². The average molecular weight is 344 g/mol. The summed E-state index contributed by atoms with van der Waals surface area (Å²) in [5.74, 6) is -0.735. The minimum atomic E-state index is -1.95. The van der Waals surface area contributed by atoms with Gasteiger partial charge in [-0.25, -0.2) is 4.79 Å². The van der Waals surface area contributed by atoms with Crippen LogP contribution in [0.5, 0.6) is 0 Å². The summed E-state index contributed by atoms with van der Waals surface area (Å²) >= 11 is 1.28. The molecule has 2 heterocycles. The zero-order chi connectivity index (χ0) is 17.1. The lowest BCUT2D eigenvalue weighted by atomic mass is 10.1.